The van der Waals surface area contributed by atoms with Crippen LogP contribution in [0.1, 0.15) is 46.2 Å². The number of rotatable bonds is 2. The maximum Gasteiger partial charge on any atom is 0.495 e. The molecule has 4 N–H and O–H groups in total. The summed E-state index contributed by atoms with van der Waals surface area (Å²) in [6, 6.07) is 1.64. The normalized spacial score (nSPS) is 22.5. The summed E-state index contributed by atoms with van der Waals surface area (Å²) in [5, 5.41) is 0. The monoisotopic (exact) mass is 263 g/mol. The topological polar surface area (TPSA) is 83.4 Å². The van der Waals surface area contributed by atoms with Gasteiger partial charge in [-0.1, -0.05) is 0 Å². The van der Waals surface area contributed by atoms with Gasteiger partial charge in [0.25, 0.3) is 0 Å². The van der Waals surface area contributed by atoms with Crippen LogP contribution in [0.3, 0.4) is 0 Å². The van der Waals surface area contributed by atoms with Crippen LogP contribution in [0.2, 0.25) is 0 Å². The molecule has 1 aromatic rings. The zero-order valence-electron chi connectivity index (χ0n) is 12.2. The third-order valence-corrected chi connectivity index (χ3v) is 4.02. The molecule has 0 bridgehead atoms. The summed E-state index contributed by atoms with van der Waals surface area (Å²) >= 11 is 0. The van der Waals surface area contributed by atoms with Gasteiger partial charge in [0.05, 0.1) is 11.2 Å². The molecule has 0 aliphatic carbocycles. The molecular formula is C13H22BN3O2. The highest BCUT2D eigenvalue weighted by Gasteiger charge is 2.52. The number of aromatic nitrogens is 1. The third-order valence-electron chi connectivity index (χ3n) is 4.02. The molecule has 0 aromatic carbocycles. The van der Waals surface area contributed by atoms with Crippen LogP contribution < -0.4 is 16.9 Å². The van der Waals surface area contributed by atoms with Gasteiger partial charge in [0.2, 0.25) is 0 Å². The Morgan fingerprint density at radius 1 is 1.21 bits per heavy atom. The number of anilines is 1. The van der Waals surface area contributed by atoms with E-state index in [1.54, 1.807) is 6.20 Å². The number of nitrogens with zero attached hydrogens (tertiary/aromatic N) is 1. The molecule has 2 rings (SSSR count). The Morgan fingerprint density at radius 3 is 2.21 bits per heavy atom. The number of hydrogen-bond acceptors (Lipinski definition) is 5. The van der Waals surface area contributed by atoms with Crippen molar-refractivity contribution in [1.82, 2.24) is 4.98 Å². The molecule has 1 aromatic heterocycles. The van der Waals surface area contributed by atoms with Crippen LogP contribution in [0.4, 0.5) is 5.82 Å². The quantitative estimate of drug-likeness (QED) is 0.777. The van der Waals surface area contributed by atoms with E-state index in [4.69, 9.17) is 20.8 Å². The Balaban J connectivity index is 2.43. The fraction of sp³-hybridized carbons (Fsp3) is 0.615. The molecule has 5 nitrogen and oxygen atoms in total. The minimum Gasteiger partial charge on any atom is -0.399 e. The first-order valence-corrected chi connectivity index (χ1v) is 6.51. The molecule has 1 atom stereocenters. The van der Waals surface area contributed by atoms with E-state index in [1.165, 1.54) is 0 Å². The summed E-state index contributed by atoms with van der Waals surface area (Å²) in [4.78, 5) is 4.09. The zero-order valence-corrected chi connectivity index (χ0v) is 12.2. The fourth-order valence-corrected chi connectivity index (χ4v) is 2.18. The van der Waals surface area contributed by atoms with E-state index in [2.05, 4.69) is 4.98 Å². The molecule has 1 aliphatic rings. The molecule has 104 valence electrons. The summed E-state index contributed by atoms with van der Waals surface area (Å²) in [6.07, 6.45) is 1.65. The SMILES string of the molecule is CC(N)c1c(B2OC(C)(C)C(C)(C)O2)ccnc1N. The van der Waals surface area contributed by atoms with Crippen molar-refractivity contribution in [2.75, 3.05) is 5.73 Å². The van der Waals surface area contributed by atoms with E-state index in [0.717, 1.165) is 11.0 Å². The second-order valence-electron chi connectivity index (χ2n) is 6.08. The average Bonchev–Trinajstić information content (AvgIpc) is 2.47. The molecule has 1 unspecified atom stereocenters. The first-order chi connectivity index (χ1) is 8.66. The lowest BCUT2D eigenvalue weighted by Gasteiger charge is -2.32. The van der Waals surface area contributed by atoms with Gasteiger partial charge < -0.3 is 20.8 Å². The summed E-state index contributed by atoms with van der Waals surface area (Å²) in [5.74, 6) is 0.433. The van der Waals surface area contributed by atoms with Gasteiger partial charge in [-0.3, -0.25) is 0 Å². The van der Waals surface area contributed by atoms with Crippen molar-refractivity contribution in [2.24, 2.45) is 5.73 Å². The van der Waals surface area contributed by atoms with E-state index in [0.29, 0.717) is 5.82 Å². The Bertz CT molecular complexity index is 473. The number of nitrogen functional groups attached to an aromatic ring is 1. The van der Waals surface area contributed by atoms with Crippen molar-refractivity contribution in [1.29, 1.82) is 0 Å². The maximum absolute atomic E-state index is 6.03. The molecule has 19 heavy (non-hydrogen) atoms. The van der Waals surface area contributed by atoms with Crippen molar-refractivity contribution >= 4 is 18.4 Å². The van der Waals surface area contributed by atoms with Crippen molar-refractivity contribution in [3.63, 3.8) is 0 Å². The van der Waals surface area contributed by atoms with Crippen LogP contribution in [-0.2, 0) is 9.31 Å². The maximum atomic E-state index is 6.03. The predicted molar refractivity (Wildman–Crippen MR) is 77.0 cm³/mol. The molecule has 6 heteroatoms. The molecular weight excluding hydrogens is 241 g/mol. The van der Waals surface area contributed by atoms with Crippen molar-refractivity contribution in [3.8, 4) is 0 Å². The second-order valence-corrected chi connectivity index (χ2v) is 6.08. The van der Waals surface area contributed by atoms with Gasteiger partial charge in [-0.15, -0.1) is 0 Å². The summed E-state index contributed by atoms with van der Waals surface area (Å²) in [5.41, 5.74) is 12.8. The van der Waals surface area contributed by atoms with Crippen molar-refractivity contribution < 1.29 is 9.31 Å². The van der Waals surface area contributed by atoms with Gasteiger partial charge in [-0.05, 0) is 46.1 Å². The van der Waals surface area contributed by atoms with Crippen LogP contribution in [0, 0.1) is 0 Å². The first-order valence-electron chi connectivity index (χ1n) is 6.51. The zero-order chi connectivity index (χ0) is 14.4. The van der Waals surface area contributed by atoms with Gasteiger partial charge in [0.1, 0.15) is 5.82 Å². The van der Waals surface area contributed by atoms with E-state index < -0.39 is 7.12 Å². The van der Waals surface area contributed by atoms with Crippen LogP contribution >= 0.6 is 0 Å². The van der Waals surface area contributed by atoms with Gasteiger partial charge in [-0.2, -0.15) is 0 Å². The van der Waals surface area contributed by atoms with Crippen LogP contribution in [0.15, 0.2) is 12.3 Å². The fourth-order valence-electron chi connectivity index (χ4n) is 2.18. The summed E-state index contributed by atoms with van der Waals surface area (Å²) < 4.78 is 12.1. The lowest BCUT2D eigenvalue weighted by atomic mass is 9.75. The van der Waals surface area contributed by atoms with Gasteiger partial charge >= 0.3 is 7.12 Å². The Morgan fingerprint density at radius 2 is 1.74 bits per heavy atom. The Hall–Kier alpha value is -1.11. The minimum atomic E-state index is -0.462. The predicted octanol–water partition coefficient (Wildman–Crippen LogP) is 0.983. The third kappa shape index (κ3) is 2.36. The lowest BCUT2D eigenvalue weighted by molar-refractivity contribution is 0.00578. The molecule has 0 radical (unpaired) electrons. The Kier molecular flexibility index (Phi) is 3.37. The largest absolute Gasteiger partial charge is 0.495 e. The summed E-state index contributed by atoms with van der Waals surface area (Å²) in [6.45, 7) is 9.94. The highest BCUT2D eigenvalue weighted by Crippen LogP contribution is 2.37. The molecule has 2 heterocycles. The van der Waals surface area contributed by atoms with E-state index >= 15 is 0 Å². The number of hydrogen-bond donors (Lipinski definition) is 2. The van der Waals surface area contributed by atoms with Gasteiger partial charge in [-0.25, -0.2) is 4.98 Å². The standard InChI is InChI=1S/C13H22BN3O2/c1-8(15)10-9(6-7-17-11(10)16)14-18-12(2,3)13(4,5)19-14/h6-8H,15H2,1-5H3,(H2,16,17). The van der Waals surface area contributed by atoms with Gasteiger partial charge in [0, 0.05) is 17.8 Å². The average molecular weight is 263 g/mol. The van der Waals surface area contributed by atoms with Crippen molar-refractivity contribution in [2.45, 2.75) is 51.9 Å². The van der Waals surface area contributed by atoms with E-state index in [-0.39, 0.29) is 17.2 Å². The van der Waals surface area contributed by atoms with Crippen LogP contribution in [0.25, 0.3) is 0 Å². The summed E-state index contributed by atoms with van der Waals surface area (Å²) in [7, 11) is -0.462. The Labute approximate surface area is 114 Å². The smallest absolute Gasteiger partial charge is 0.399 e. The molecule has 0 amide bonds. The number of nitrogens with two attached hydrogens (primary N) is 2. The molecule has 1 fully saturated rings. The first kappa shape index (κ1) is 14.3. The van der Waals surface area contributed by atoms with E-state index in [1.807, 2.05) is 40.7 Å². The van der Waals surface area contributed by atoms with Crippen LogP contribution in [0.5, 0.6) is 0 Å². The molecule has 1 saturated heterocycles. The lowest BCUT2D eigenvalue weighted by Crippen LogP contribution is -2.41. The molecule has 0 spiro atoms. The molecule has 0 saturated carbocycles. The minimum absolute atomic E-state index is 0.220. The van der Waals surface area contributed by atoms with Crippen LogP contribution in [-0.4, -0.2) is 23.3 Å². The number of pyridine rings is 1. The van der Waals surface area contributed by atoms with E-state index in [9.17, 15) is 0 Å². The highest BCUT2D eigenvalue weighted by molar-refractivity contribution is 6.62. The van der Waals surface area contributed by atoms with Crippen molar-refractivity contribution in [3.05, 3.63) is 17.8 Å². The van der Waals surface area contributed by atoms with Gasteiger partial charge in [0.15, 0.2) is 0 Å². The highest BCUT2D eigenvalue weighted by atomic mass is 16.7. The molecule has 1 aliphatic heterocycles. The second kappa shape index (κ2) is 4.47.